The summed E-state index contributed by atoms with van der Waals surface area (Å²) in [6, 6.07) is 0. The molecule has 0 rings (SSSR count). The third-order valence-electron chi connectivity index (χ3n) is 2.43. The van der Waals surface area contributed by atoms with Crippen LogP contribution in [0, 0.1) is 5.41 Å². The van der Waals surface area contributed by atoms with Gasteiger partial charge in [0.2, 0.25) is 5.91 Å². The SMILES string of the molecule is CCCC(O)CNC(=O)CC(C)(C)CC(=O)O. The second-order valence-electron chi connectivity index (χ2n) is 5.16. The molecule has 17 heavy (non-hydrogen) atoms. The monoisotopic (exact) mass is 245 g/mol. The van der Waals surface area contributed by atoms with E-state index in [4.69, 9.17) is 5.11 Å². The molecule has 100 valence electrons. The zero-order valence-electron chi connectivity index (χ0n) is 10.8. The van der Waals surface area contributed by atoms with E-state index in [2.05, 4.69) is 5.32 Å². The average Bonchev–Trinajstić information content (AvgIpc) is 2.12. The first-order valence-electron chi connectivity index (χ1n) is 5.93. The van der Waals surface area contributed by atoms with Gasteiger partial charge in [-0.05, 0) is 11.8 Å². The normalized spacial score (nSPS) is 13.2. The Labute approximate surface area is 102 Å². The summed E-state index contributed by atoms with van der Waals surface area (Å²) >= 11 is 0. The molecule has 0 aliphatic rings. The Morgan fingerprint density at radius 3 is 2.35 bits per heavy atom. The van der Waals surface area contributed by atoms with Crippen LogP contribution in [-0.4, -0.2) is 34.7 Å². The van der Waals surface area contributed by atoms with Crippen molar-refractivity contribution in [1.82, 2.24) is 5.32 Å². The van der Waals surface area contributed by atoms with Crippen LogP contribution in [0.2, 0.25) is 0 Å². The van der Waals surface area contributed by atoms with Gasteiger partial charge in [-0.3, -0.25) is 9.59 Å². The lowest BCUT2D eigenvalue weighted by Gasteiger charge is -2.22. The van der Waals surface area contributed by atoms with Crippen LogP contribution in [0.4, 0.5) is 0 Å². The Morgan fingerprint density at radius 1 is 1.29 bits per heavy atom. The van der Waals surface area contributed by atoms with E-state index in [0.717, 1.165) is 6.42 Å². The molecule has 5 heteroatoms. The van der Waals surface area contributed by atoms with Crippen LogP contribution < -0.4 is 5.32 Å². The van der Waals surface area contributed by atoms with E-state index in [-0.39, 0.29) is 25.3 Å². The first-order valence-corrected chi connectivity index (χ1v) is 5.93. The molecular weight excluding hydrogens is 222 g/mol. The predicted molar refractivity (Wildman–Crippen MR) is 64.6 cm³/mol. The molecule has 0 heterocycles. The molecule has 0 saturated heterocycles. The Bertz CT molecular complexity index is 263. The first kappa shape index (κ1) is 15.9. The van der Waals surface area contributed by atoms with E-state index in [9.17, 15) is 14.7 Å². The number of rotatable bonds is 8. The van der Waals surface area contributed by atoms with Crippen molar-refractivity contribution >= 4 is 11.9 Å². The molecule has 0 spiro atoms. The summed E-state index contributed by atoms with van der Waals surface area (Å²) in [5, 5.41) is 20.7. The van der Waals surface area contributed by atoms with Crippen LogP contribution in [0.3, 0.4) is 0 Å². The Kier molecular flexibility index (Phi) is 6.80. The molecule has 0 aromatic rings. The summed E-state index contributed by atoms with van der Waals surface area (Å²) in [5.41, 5.74) is -0.564. The van der Waals surface area contributed by atoms with Gasteiger partial charge in [0.1, 0.15) is 0 Å². The summed E-state index contributed by atoms with van der Waals surface area (Å²) in [6.07, 6.45) is 1.10. The Morgan fingerprint density at radius 2 is 1.88 bits per heavy atom. The van der Waals surface area contributed by atoms with E-state index in [1.165, 1.54) is 0 Å². The van der Waals surface area contributed by atoms with E-state index in [1.54, 1.807) is 13.8 Å². The third-order valence-corrected chi connectivity index (χ3v) is 2.43. The number of aliphatic hydroxyl groups excluding tert-OH is 1. The molecule has 1 atom stereocenters. The van der Waals surface area contributed by atoms with Crippen LogP contribution >= 0.6 is 0 Å². The molecule has 0 aromatic carbocycles. The summed E-state index contributed by atoms with van der Waals surface area (Å²) in [5.74, 6) is -1.12. The molecule has 0 aliphatic heterocycles. The molecule has 0 fully saturated rings. The summed E-state index contributed by atoms with van der Waals surface area (Å²) in [4.78, 5) is 22.1. The number of carboxylic acids is 1. The van der Waals surface area contributed by atoms with Gasteiger partial charge in [-0.2, -0.15) is 0 Å². The van der Waals surface area contributed by atoms with Gasteiger partial charge in [0.25, 0.3) is 0 Å². The summed E-state index contributed by atoms with van der Waals surface area (Å²) in [7, 11) is 0. The summed E-state index contributed by atoms with van der Waals surface area (Å²) < 4.78 is 0. The van der Waals surface area contributed by atoms with Crippen molar-refractivity contribution in [3.8, 4) is 0 Å². The molecular formula is C12H23NO4. The molecule has 5 nitrogen and oxygen atoms in total. The van der Waals surface area contributed by atoms with Crippen molar-refractivity contribution in [3.63, 3.8) is 0 Å². The smallest absolute Gasteiger partial charge is 0.303 e. The van der Waals surface area contributed by atoms with Crippen molar-refractivity contribution < 1.29 is 19.8 Å². The lowest BCUT2D eigenvalue weighted by Crippen LogP contribution is -2.35. The first-order chi connectivity index (χ1) is 7.76. The highest BCUT2D eigenvalue weighted by Gasteiger charge is 2.25. The number of carbonyl (C=O) groups is 2. The number of nitrogens with one attached hydrogen (secondary N) is 1. The van der Waals surface area contributed by atoms with Crippen molar-refractivity contribution in [2.45, 2.75) is 52.6 Å². The topological polar surface area (TPSA) is 86.6 Å². The molecule has 3 N–H and O–H groups in total. The van der Waals surface area contributed by atoms with Crippen LogP contribution in [0.5, 0.6) is 0 Å². The van der Waals surface area contributed by atoms with Crippen molar-refractivity contribution in [2.75, 3.05) is 6.54 Å². The minimum absolute atomic E-state index is 0.0437. The fourth-order valence-electron chi connectivity index (χ4n) is 1.64. The van der Waals surface area contributed by atoms with Gasteiger partial charge in [0.15, 0.2) is 0 Å². The molecule has 0 bridgehead atoms. The van der Waals surface area contributed by atoms with Gasteiger partial charge in [-0.1, -0.05) is 27.2 Å². The van der Waals surface area contributed by atoms with Gasteiger partial charge in [-0.25, -0.2) is 0 Å². The fourth-order valence-corrected chi connectivity index (χ4v) is 1.64. The number of hydrogen-bond acceptors (Lipinski definition) is 3. The maximum Gasteiger partial charge on any atom is 0.303 e. The van der Waals surface area contributed by atoms with E-state index < -0.39 is 17.5 Å². The van der Waals surface area contributed by atoms with Crippen molar-refractivity contribution in [3.05, 3.63) is 0 Å². The van der Waals surface area contributed by atoms with Gasteiger partial charge in [0.05, 0.1) is 12.5 Å². The lowest BCUT2D eigenvalue weighted by atomic mass is 9.85. The zero-order chi connectivity index (χ0) is 13.5. The number of carbonyl (C=O) groups excluding carboxylic acids is 1. The maximum atomic E-state index is 11.5. The molecule has 0 aromatic heterocycles. The maximum absolute atomic E-state index is 11.5. The Hall–Kier alpha value is -1.10. The predicted octanol–water partition coefficient (Wildman–Crippen LogP) is 1.15. The minimum Gasteiger partial charge on any atom is -0.481 e. The van der Waals surface area contributed by atoms with Gasteiger partial charge < -0.3 is 15.5 Å². The van der Waals surface area contributed by atoms with Gasteiger partial charge >= 0.3 is 5.97 Å². The van der Waals surface area contributed by atoms with Crippen molar-refractivity contribution in [1.29, 1.82) is 0 Å². The van der Waals surface area contributed by atoms with Gasteiger partial charge in [0, 0.05) is 13.0 Å². The average molecular weight is 245 g/mol. The van der Waals surface area contributed by atoms with Gasteiger partial charge in [-0.15, -0.1) is 0 Å². The number of aliphatic carboxylic acids is 1. The highest BCUT2D eigenvalue weighted by Crippen LogP contribution is 2.24. The van der Waals surface area contributed by atoms with E-state index in [0.29, 0.717) is 6.42 Å². The molecule has 0 radical (unpaired) electrons. The third kappa shape index (κ3) is 8.68. The highest BCUT2D eigenvalue weighted by atomic mass is 16.4. The number of carboxylic acid groups (broad SMARTS) is 1. The lowest BCUT2D eigenvalue weighted by molar-refractivity contribution is -0.139. The molecule has 0 aliphatic carbocycles. The molecule has 1 amide bonds. The largest absolute Gasteiger partial charge is 0.481 e. The van der Waals surface area contributed by atoms with Crippen LogP contribution in [0.15, 0.2) is 0 Å². The fraction of sp³-hybridized carbons (Fsp3) is 0.833. The highest BCUT2D eigenvalue weighted by molar-refractivity contribution is 5.77. The van der Waals surface area contributed by atoms with Crippen molar-refractivity contribution in [2.24, 2.45) is 5.41 Å². The Balaban J connectivity index is 3.96. The number of aliphatic hydroxyl groups is 1. The van der Waals surface area contributed by atoms with Crippen LogP contribution in [0.25, 0.3) is 0 Å². The van der Waals surface area contributed by atoms with Crippen LogP contribution in [0.1, 0.15) is 46.5 Å². The quantitative estimate of drug-likeness (QED) is 0.599. The van der Waals surface area contributed by atoms with E-state index >= 15 is 0 Å². The number of hydrogen-bond donors (Lipinski definition) is 3. The molecule has 0 saturated carbocycles. The van der Waals surface area contributed by atoms with E-state index in [1.807, 2.05) is 6.92 Å². The standard InChI is InChI=1S/C12H23NO4/c1-4-5-9(14)8-13-10(15)6-12(2,3)7-11(16)17/h9,14H,4-8H2,1-3H3,(H,13,15)(H,16,17). The second kappa shape index (κ2) is 7.27. The summed E-state index contributed by atoms with van der Waals surface area (Å²) in [6.45, 7) is 5.67. The minimum atomic E-state index is -0.909. The second-order valence-corrected chi connectivity index (χ2v) is 5.16. The van der Waals surface area contributed by atoms with Crippen LogP contribution in [-0.2, 0) is 9.59 Å². The molecule has 1 unspecified atom stereocenters. The number of amides is 1. The zero-order valence-corrected chi connectivity index (χ0v) is 10.8.